The number of carbonyl (C=O) groups excluding carboxylic acids is 1. The van der Waals surface area contributed by atoms with E-state index in [-0.39, 0.29) is 5.56 Å². The summed E-state index contributed by atoms with van der Waals surface area (Å²) in [6.07, 6.45) is -4.55. The number of hydrogen-bond donors (Lipinski definition) is 1. The molecule has 0 unspecified atom stereocenters. The van der Waals surface area contributed by atoms with E-state index in [9.17, 15) is 18.0 Å². The standard InChI is InChI=1S/C10H10F3NO/c1-5-3-4-7(10(11,12)13)8(6(5)2)9(14)15/h3-4H,1-2H3,(H2,14,15). The first-order chi connectivity index (χ1) is 6.75. The highest BCUT2D eigenvalue weighted by atomic mass is 19.4. The van der Waals surface area contributed by atoms with Gasteiger partial charge in [-0.3, -0.25) is 4.79 Å². The lowest BCUT2D eigenvalue weighted by Gasteiger charge is -2.14. The van der Waals surface area contributed by atoms with Gasteiger partial charge in [0.1, 0.15) is 0 Å². The Labute approximate surface area is 84.9 Å². The molecule has 0 aliphatic carbocycles. The van der Waals surface area contributed by atoms with Gasteiger partial charge in [0.25, 0.3) is 0 Å². The number of rotatable bonds is 1. The van der Waals surface area contributed by atoms with Crippen LogP contribution in [0.5, 0.6) is 0 Å². The summed E-state index contributed by atoms with van der Waals surface area (Å²) in [7, 11) is 0. The summed E-state index contributed by atoms with van der Waals surface area (Å²) < 4.78 is 37.5. The molecule has 1 aromatic rings. The molecule has 1 amide bonds. The predicted molar refractivity (Wildman–Crippen MR) is 49.4 cm³/mol. The van der Waals surface area contributed by atoms with Gasteiger partial charge in [0.05, 0.1) is 11.1 Å². The van der Waals surface area contributed by atoms with Crippen molar-refractivity contribution in [2.45, 2.75) is 20.0 Å². The maximum absolute atomic E-state index is 12.5. The number of benzene rings is 1. The molecule has 5 heteroatoms. The summed E-state index contributed by atoms with van der Waals surface area (Å²) >= 11 is 0. The van der Waals surface area contributed by atoms with Crippen LogP contribution in [-0.2, 0) is 6.18 Å². The monoisotopic (exact) mass is 217 g/mol. The predicted octanol–water partition coefficient (Wildman–Crippen LogP) is 2.42. The van der Waals surface area contributed by atoms with Gasteiger partial charge in [0, 0.05) is 0 Å². The number of aryl methyl sites for hydroxylation is 1. The largest absolute Gasteiger partial charge is 0.417 e. The molecule has 0 spiro atoms. The van der Waals surface area contributed by atoms with Crippen LogP contribution in [0.1, 0.15) is 27.0 Å². The van der Waals surface area contributed by atoms with Crippen LogP contribution in [0.25, 0.3) is 0 Å². The van der Waals surface area contributed by atoms with Crippen molar-refractivity contribution in [1.82, 2.24) is 0 Å². The van der Waals surface area contributed by atoms with Crippen LogP contribution in [0, 0.1) is 13.8 Å². The summed E-state index contributed by atoms with van der Waals surface area (Å²) in [5, 5.41) is 0. The van der Waals surface area contributed by atoms with Gasteiger partial charge in [-0.1, -0.05) is 6.07 Å². The average Bonchev–Trinajstić information content (AvgIpc) is 2.06. The van der Waals surface area contributed by atoms with Crippen LogP contribution in [0.2, 0.25) is 0 Å². The molecular formula is C10H10F3NO. The van der Waals surface area contributed by atoms with E-state index in [1.54, 1.807) is 6.92 Å². The minimum atomic E-state index is -4.55. The van der Waals surface area contributed by atoms with E-state index in [2.05, 4.69) is 0 Å². The van der Waals surface area contributed by atoms with E-state index in [1.807, 2.05) is 0 Å². The average molecular weight is 217 g/mol. The van der Waals surface area contributed by atoms with Gasteiger partial charge in [-0.15, -0.1) is 0 Å². The fourth-order valence-corrected chi connectivity index (χ4v) is 1.37. The van der Waals surface area contributed by atoms with Gasteiger partial charge in [0.15, 0.2) is 0 Å². The second-order valence-corrected chi connectivity index (χ2v) is 3.29. The van der Waals surface area contributed by atoms with Crippen molar-refractivity contribution in [2.24, 2.45) is 5.73 Å². The van der Waals surface area contributed by atoms with Crippen LogP contribution >= 0.6 is 0 Å². The van der Waals surface area contributed by atoms with Gasteiger partial charge in [-0.05, 0) is 31.0 Å². The van der Waals surface area contributed by atoms with Crippen molar-refractivity contribution in [3.8, 4) is 0 Å². The fraction of sp³-hybridized carbons (Fsp3) is 0.300. The third-order valence-corrected chi connectivity index (χ3v) is 2.29. The number of carbonyl (C=O) groups is 1. The van der Waals surface area contributed by atoms with Crippen molar-refractivity contribution in [3.63, 3.8) is 0 Å². The molecule has 0 radical (unpaired) electrons. The minimum absolute atomic E-state index is 0.275. The number of amides is 1. The minimum Gasteiger partial charge on any atom is -0.366 e. The lowest BCUT2D eigenvalue weighted by Crippen LogP contribution is -2.20. The Morgan fingerprint density at radius 2 is 1.80 bits per heavy atom. The molecule has 15 heavy (non-hydrogen) atoms. The zero-order valence-corrected chi connectivity index (χ0v) is 8.27. The van der Waals surface area contributed by atoms with Crippen LogP contribution in [-0.4, -0.2) is 5.91 Å². The molecule has 0 aliphatic heterocycles. The molecule has 0 fully saturated rings. The van der Waals surface area contributed by atoms with E-state index in [0.717, 1.165) is 6.07 Å². The van der Waals surface area contributed by atoms with Crippen molar-refractivity contribution >= 4 is 5.91 Å². The van der Waals surface area contributed by atoms with E-state index in [4.69, 9.17) is 5.73 Å². The van der Waals surface area contributed by atoms with Crippen LogP contribution < -0.4 is 5.73 Å². The van der Waals surface area contributed by atoms with Crippen LogP contribution in [0.15, 0.2) is 12.1 Å². The maximum Gasteiger partial charge on any atom is 0.417 e. The fourth-order valence-electron chi connectivity index (χ4n) is 1.37. The highest BCUT2D eigenvalue weighted by molar-refractivity contribution is 5.96. The third kappa shape index (κ3) is 2.11. The zero-order chi connectivity index (χ0) is 11.8. The lowest BCUT2D eigenvalue weighted by molar-refractivity contribution is -0.138. The van der Waals surface area contributed by atoms with E-state index in [0.29, 0.717) is 5.56 Å². The Hall–Kier alpha value is -1.52. The molecule has 0 saturated carbocycles. The number of nitrogens with two attached hydrogens (primary N) is 1. The second-order valence-electron chi connectivity index (χ2n) is 3.29. The van der Waals surface area contributed by atoms with E-state index >= 15 is 0 Å². The molecule has 1 aromatic carbocycles. The smallest absolute Gasteiger partial charge is 0.366 e. The molecule has 0 heterocycles. The quantitative estimate of drug-likeness (QED) is 0.771. The highest BCUT2D eigenvalue weighted by Gasteiger charge is 2.35. The van der Waals surface area contributed by atoms with Gasteiger partial charge in [-0.2, -0.15) is 13.2 Å². The first-order valence-electron chi connectivity index (χ1n) is 4.22. The number of hydrogen-bond acceptors (Lipinski definition) is 1. The molecule has 0 aliphatic rings. The Morgan fingerprint density at radius 3 is 2.20 bits per heavy atom. The molecule has 2 N–H and O–H groups in total. The molecular weight excluding hydrogens is 207 g/mol. The normalized spacial score (nSPS) is 11.5. The van der Waals surface area contributed by atoms with Crippen LogP contribution in [0.3, 0.4) is 0 Å². The Bertz CT molecular complexity index is 410. The van der Waals surface area contributed by atoms with Crippen molar-refractivity contribution in [2.75, 3.05) is 0 Å². The second kappa shape index (κ2) is 3.56. The van der Waals surface area contributed by atoms with Gasteiger partial charge < -0.3 is 5.73 Å². The molecule has 0 saturated heterocycles. The molecule has 0 aromatic heterocycles. The lowest BCUT2D eigenvalue weighted by atomic mass is 9.97. The van der Waals surface area contributed by atoms with Crippen molar-refractivity contribution in [1.29, 1.82) is 0 Å². The van der Waals surface area contributed by atoms with E-state index < -0.39 is 23.2 Å². The maximum atomic E-state index is 12.5. The highest BCUT2D eigenvalue weighted by Crippen LogP contribution is 2.33. The molecule has 0 bridgehead atoms. The summed E-state index contributed by atoms with van der Waals surface area (Å²) in [6, 6.07) is 2.20. The van der Waals surface area contributed by atoms with Crippen molar-refractivity contribution in [3.05, 3.63) is 34.4 Å². The Kier molecular flexibility index (Phi) is 2.75. The van der Waals surface area contributed by atoms with Gasteiger partial charge in [0.2, 0.25) is 5.91 Å². The molecule has 1 rings (SSSR count). The SMILES string of the molecule is Cc1ccc(C(F)(F)F)c(C(N)=O)c1C. The zero-order valence-electron chi connectivity index (χ0n) is 8.27. The molecule has 0 atom stereocenters. The van der Waals surface area contributed by atoms with E-state index in [1.165, 1.54) is 13.0 Å². The Balaban J connectivity index is 3.55. The summed E-state index contributed by atoms with van der Waals surface area (Å²) in [4.78, 5) is 11.0. The third-order valence-electron chi connectivity index (χ3n) is 2.29. The first kappa shape index (κ1) is 11.6. The Morgan fingerprint density at radius 1 is 1.27 bits per heavy atom. The first-order valence-corrected chi connectivity index (χ1v) is 4.22. The van der Waals surface area contributed by atoms with Gasteiger partial charge >= 0.3 is 6.18 Å². The number of primary amides is 1. The summed E-state index contributed by atoms with van der Waals surface area (Å²) in [5.41, 5.74) is 4.41. The number of alkyl halides is 3. The molecule has 2 nitrogen and oxygen atoms in total. The van der Waals surface area contributed by atoms with Crippen molar-refractivity contribution < 1.29 is 18.0 Å². The summed E-state index contributed by atoms with van der Waals surface area (Å²) in [6.45, 7) is 3.08. The molecule has 82 valence electrons. The number of halogens is 3. The topological polar surface area (TPSA) is 43.1 Å². The van der Waals surface area contributed by atoms with Crippen LogP contribution in [0.4, 0.5) is 13.2 Å². The van der Waals surface area contributed by atoms with Gasteiger partial charge in [-0.25, -0.2) is 0 Å². The summed E-state index contributed by atoms with van der Waals surface area (Å²) in [5.74, 6) is -1.05.